The number of carbonyl (C=O) groups excluding carboxylic acids is 2. The maximum Gasteiger partial charge on any atom is 0.264 e. The molecule has 1 unspecified atom stereocenters. The lowest BCUT2D eigenvalue weighted by Crippen LogP contribution is -2.40. The number of ether oxygens (including phenoxy) is 1. The molecule has 142 valence electrons. The van der Waals surface area contributed by atoms with Gasteiger partial charge >= 0.3 is 0 Å². The van der Waals surface area contributed by atoms with Crippen molar-refractivity contribution >= 4 is 23.2 Å². The summed E-state index contributed by atoms with van der Waals surface area (Å²) in [4.78, 5) is 29.2. The van der Waals surface area contributed by atoms with Crippen molar-refractivity contribution in [2.75, 3.05) is 26.3 Å². The summed E-state index contributed by atoms with van der Waals surface area (Å²) in [7, 11) is 0. The fraction of sp³-hybridized carbons (Fsp3) is 0.429. The number of benzene rings is 1. The standard InChI is InChI=1S/C21H24N2O3S/c24-20(22-14-15-4-2-1-3-5-15)16-6-7-18-17(12-16)13-19(27-18)21(25)23-8-10-26-11-9-23/h1-5,13,16H,6-12,14H2,(H,22,24). The molecule has 4 rings (SSSR count). The molecular weight excluding hydrogens is 360 g/mol. The molecule has 0 radical (unpaired) electrons. The fourth-order valence-electron chi connectivity index (χ4n) is 3.70. The monoisotopic (exact) mass is 384 g/mol. The third-order valence-corrected chi connectivity index (χ3v) is 6.50. The predicted molar refractivity (Wildman–Crippen MR) is 105 cm³/mol. The Kier molecular flexibility index (Phi) is 5.55. The van der Waals surface area contributed by atoms with Crippen molar-refractivity contribution in [2.45, 2.75) is 25.8 Å². The van der Waals surface area contributed by atoms with Gasteiger partial charge in [0.25, 0.3) is 5.91 Å². The summed E-state index contributed by atoms with van der Waals surface area (Å²) >= 11 is 1.60. The first-order chi connectivity index (χ1) is 13.2. The van der Waals surface area contributed by atoms with Crippen LogP contribution in [0.4, 0.5) is 0 Å². The van der Waals surface area contributed by atoms with E-state index in [2.05, 4.69) is 5.32 Å². The molecule has 1 aliphatic heterocycles. The third kappa shape index (κ3) is 4.22. The molecule has 1 atom stereocenters. The van der Waals surface area contributed by atoms with E-state index in [-0.39, 0.29) is 17.7 Å². The van der Waals surface area contributed by atoms with Crippen LogP contribution >= 0.6 is 11.3 Å². The number of nitrogens with zero attached hydrogens (tertiary/aromatic N) is 1. The number of hydrogen-bond acceptors (Lipinski definition) is 4. The number of amides is 2. The molecule has 0 saturated carbocycles. The molecule has 0 spiro atoms. The zero-order chi connectivity index (χ0) is 18.6. The SMILES string of the molecule is O=C(NCc1ccccc1)C1CCc2sc(C(=O)N3CCOCC3)cc2C1. The number of rotatable bonds is 4. The van der Waals surface area contributed by atoms with Crippen LogP contribution in [0.15, 0.2) is 36.4 Å². The quantitative estimate of drug-likeness (QED) is 0.882. The maximum atomic E-state index is 12.7. The second kappa shape index (κ2) is 8.23. The van der Waals surface area contributed by atoms with Gasteiger partial charge in [-0.1, -0.05) is 30.3 Å². The van der Waals surface area contributed by atoms with Gasteiger partial charge in [0, 0.05) is 30.4 Å². The van der Waals surface area contributed by atoms with E-state index < -0.39 is 0 Å². The van der Waals surface area contributed by atoms with Crippen molar-refractivity contribution in [1.29, 1.82) is 0 Å². The maximum absolute atomic E-state index is 12.7. The molecule has 1 aromatic carbocycles. The van der Waals surface area contributed by atoms with Crippen LogP contribution in [0.3, 0.4) is 0 Å². The minimum absolute atomic E-state index is 0.0119. The molecule has 2 heterocycles. The molecule has 2 aromatic rings. The van der Waals surface area contributed by atoms with Crippen molar-refractivity contribution in [1.82, 2.24) is 10.2 Å². The van der Waals surface area contributed by atoms with E-state index in [4.69, 9.17) is 4.74 Å². The number of hydrogen-bond donors (Lipinski definition) is 1. The van der Waals surface area contributed by atoms with Crippen LogP contribution in [0.5, 0.6) is 0 Å². The highest BCUT2D eigenvalue weighted by Crippen LogP contribution is 2.33. The Balaban J connectivity index is 1.37. The van der Waals surface area contributed by atoms with Gasteiger partial charge in [-0.2, -0.15) is 0 Å². The largest absolute Gasteiger partial charge is 0.378 e. The summed E-state index contributed by atoms with van der Waals surface area (Å²) in [6.07, 6.45) is 2.45. The lowest BCUT2D eigenvalue weighted by molar-refractivity contribution is -0.125. The van der Waals surface area contributed by atoms with Gasteiger partial charge in [-0.25, -0.2) is 0 Å². The van der Waals surface area contributed by atoms with Gasteiger partial charge in [-0.3, -0.25) is 9.59 Å². The van der Waals surface area contributed by atoms with Gasteiger partial charge in [0.15, 0.2) is 0 Å². The second-order valence-electron chi connectivity index (χ2n) is 7.11. The molecule has 1 fully saturated rings. The average Bonchev–Trinajstić information content (AvgIpc) is 3.16. The van der Waals surface area contributed by atoms with E-state index in [1.165, 1.54) is 10.4 Å². The molecule has 1 aromatic heterocycles. The summed E-state index contributed by atoms with van der Waals surface area (Å²) in [6.45, 7) is 3.10. The fourth-order valence-corrected chi connectivity index (χ4v) is 4.88. The van der Waals surface area contributed by atoms with Crippen LogP contribution in [0.2, 0.25) is 0 Å². The van der Waals surface area contributed by atoms with Crippen LogP contribution in [0.1, 0.15) is 32.1 Å². The molecule has 0 bridgehead atoms. The first-order valence-electron chi connectivity index (χ1n) is 9.51. The van der Waals surface area contributed by atoms with E-state index in [0.29, 0.717) is 32.8 Å². The molecule has 5 nitrogen and oxygen atoms in total. The van der Waals surface area contributed by atoms with E-state index in [1.54, 1.807) is 11.3 Å². The Bertz CT molecular complexity index is 812. The van der Waals surface area contributed by atoms with Gasteiger partial charge in [-0.05, 0) is 36.5 Å². The number of morpholine rings is 1. The Morgan fingerprint density at radius 2 is 1.96 bits per heavy atom. The summed E-state index contributed by atoms with van der Waals surface area (Å²) in [6, 6.07) is 12.0. The van der Waals surface area contributed by atoms with E-state index in [9.17, 15) is 9.59 Å². The number of nitrogens with one attached hydrogen (secondary N) is 1. The molecule has 2 aliphatic rings. The highest BCUT2D eigenvalue weighted by molar-refractivity contribution is 7.14. The second-order valence-corrected chi connectivity index (χ2v) is 8.24. The first kappa shape index (κ1) is 18.2. The van der Waals surface area contributed by atoms with E-state index in [0.717, 1.165) is 29.7 Å². The lowest BCUT2D eigenvalue weighted by atomic mass is 9.87. The van der Waals surface area contributed by atoms with Crippen molar-refractivity contribution < 1.29 is 14.3 Å². The summed E-state index contributed by atoms with van der Waals surface area (Å²) in [5.41, 5.74) is 2.28. The normalized spacial score (nSPS) is 19.4. The Hall–Kier alpha value is -2.18. The van der Waals surface area contributed by atoms with Crippen LogP contribution < -0.4 is 5.32 Å². The van der Waals surface area contributed by atoms with Crippen molar-refractivity contribution in [2.24, 2.45) is 5.92 Å². The van der Waals surface area contributed by atoms with E-state index in [1.807, 2.05) is 41.3 Å². The Morgan fingerprint density at radius 3 is 2.74 bits per heavy atom. The van der Waals surface area contributed by atoms with Crippen molar-refractivity contribution in [3.05, 3.63) is 57.3 Å². The van der Waals surface area contributed by atoms with Crippen molar-refractivity contribution in [3.8, 4) is 0 Å². The summed E-state index contributed by atoms with van der Waals surface area (Å²) < 4.78 is 5.33. The third-order valence-electron chi connectivity index (χ3n) is 5.27. The molecule has 1 saturated heterocycles. The van der Waals surface area contributed by atoms with Gasteiger partial charge in [-0.15, -0.1) is 11.3 Å². The highest BCUT2D eigenvalue weighted by atomic mass is 32.1. The molecule has 6 heteroatoms. The van der Waals surface area contributed by atoms with E-state index >= 15 is 0 Å². The lowest BCUT2D eigenvalue weighted by Gasteiger charge is -2.26. The van der Waals surface area contributed by atoms with Crippen LogP contribution in [0, 0.1) is 5.92 Å². The van der Waals surface area contributed by atoms with Gasteiger partial charge < -0.3 is 15.0 Å². The number of thiophene rings is 1. The Labute approximate surface area is 163 Å². The Morgan fingerprint density at radius 1 is 1.19 bits per heavy atom. The minimum atomic E-state index is -0.0119. The minimum Gasteiger partial charge on any atom is -0.378 e. The number of aryl methyl sites for hydroxylation is 1. The first-order valence-corrected chi connectivity index (χ1v) is 10.3. The molecule has 2 amide bonds. The number of carbonyl (C=O) groups is 2. The average molecular weight is 385 g/mol. The van der Waals surface area contributed by atoms with Gasteiger partial charge in [0.2, 0.25) is 5.91 Å². The zero-order valence-corrected chi connectivity index (χ0v) is 16.1. The summed E-state index contributed by atoms with van der Waals surface area (Å²) in [5.74, 6) is 0.196. The molecule has 1 aliphatic carbocycles. The topological polar surface area (TPSA) is 58.6 Å². The van der Waals surface area contributed by atoms with Crippen LogP contribution in [0.25, 0.3) is 0 Å². The van der Waals surface area contributed by atoms with Gasteiger partial charge in [0.05, 0.1) is 18.1 Å². The van der Waals surface area contributed by atoms with Gasteiger partial charge in [0.1, 0.15) is 0 Å². The molecule has 27 heavy (non-hydrogen) atoms. The van der Waals surface area contributed by atoms with Crippen molar-refractivity contribution in [3.63, 3.8) is 0 Å². The zero-order valence-electron chi connectivity index (χ0n) is 15.3. The molecule has 1 N–H and O–H groups in total. The predicted octanol–water partition coefficient (Wildman–Crippen LogP) is 2.64. The van der Waals surface area contributed by atoms with Crippen LogP contribution in [-0.4, -0.2) is 43.0 Å². The van der Waals surface area contributed by atoms with Crippen LogP contribution in [-0.2, 0) is 28.9 Å². The molecular formula is C21H24N2O3S. The smallest absolute Gasteiger partial charge is 0.264 e. The number of fused-ring (bicyclic) bond motifs is 1. The highest BCUT2D eigenvalue weighted by Gasteiger charge is 2.28. The summed E-state index contributed by atoms with van der Waals surface area (Å²) in [5, 5.41) is 3.06.